The number of hydrogen-bond donors (Lipinski definition) is 0. The Kier molecular flexibility index (Phi) is 4.25. The first-order valence-electron chi connectivity index (χ1n) is 12.5. The largest absolute Gasteiger partial charge is 0.357 e. The maximum absolute atomic E-state index is 14.8. The zero-order valence-corrected chi connectivity index (χ0v) is 19.9. The third-order valence-corrected chi connectivity index (χ3v) is 10.6. The fourth-order valence-corrected chi connectivity index (χ4v) is 9.73. The monoisotopic (exact) mass is 465 g/mol. The van der Waals surface area contributed by atoms with Crippen LogP contribution in [0.15, 0.2) is 48.0 Å². The van der Waals surface area contributed by atoms with Crippen LogP contribution in [-0.4, -0.2) is 16.7 Å². The van der Waals surface area contributed by atoms with Crippen molar-refractivity contribution >= 4 is 23.2 Å². The van der Waals surface area contributed by atoms with Gasteiger partial charge in [0.1, 0.15) is 0 Å². The van der Waals surface area contributed by atoms with E-state index in [-0.39, 0.29) is 5.41 Å². The van der Waals surface area contributed by atoms with E-state index >= 15 is 0 Å². The normalized spacial score (nSPS) is 38.1. The first kappa shape index (κ1) is 20.5. The molecule has 1 aromatic carbocycles. The minimum Gasteiger partial charge on any atom is -0.357 e. The van der Waals surface area contributed by atoms with Gasteiger partial charge >= 0.3 is 0 Å². The second-order valence-corrected chi connectivity index (χ2v) is 12.4. The van der Waals surface area contributed by atoms with Gasteiger partial charge < -0.3 is 4.90 Å². The number of ketones is 1. The zero-order valence-electron chi connectivity index (χ0n) is 19.1. The third kappa shape index (κ3) is 2.54. The van der Waals surface area contributed by atoms with E-state index < -0.39 is 23.4 Å². The van der Waals surface area contributed by atoms with E-state index in [2.05, 4.69) is 23.1 Å². The average molecular weight is 466 g/mol. The fraction of sp³-hybridized carbons (Fsp3) is 0.483. The van der Waals surface area contributed by atoms with Crippen LogP contribution in [0.4, 0.5) is 0 Å². The molecule has 0 radical (unpaired) electrons. The average Bonchev–Trinajstić information content (AvgIpc) is 3.47. The molecule has 2 aliphatic heterocycles. The van der Waals surface area contributed by atoms with Gasteiger partial charge in [0.25, 0.3) is 0 Å². The van der Waals surface area contributed by atoms with Crippen molar-refractivity contribution in [3.05, 3.63) is 64.0 Å². The lowest BCUT2D eigenvalue weighted by Gasteiger charge is -2.57. The highest BCUT2D eigenvalue weighted by atomic mass is 32.1. The van der Waals surface area contributed by atoms with Gasteiger partial charge in [-0.05, 0) is 84.9 Å². The summed E-state index contributed by atoms with van der Waals surface area (Å²) >= 11 is 1.57. The van der Waals surface area contributed by atoms with E-state index in [9.17, 15) is 15.3 Å². The molecule has 170 valence electrons. The van der Waals surface area contributed by atoms with Crippen molar-refractivity contribution in [2.75, 3.05) is 0 Å². The minimum atomic E-state index is -1.33. The Morgan fingerprint density at radius 3 is 2.26 bits per heavy atom. The molecule has 4 bridgehead atoms. The molecule has 4 saturated carbocycles. The number of carbonyl (C=O) groups excluding carboxylic acids is 1. The minimum absolute atomic E-state index is 0.286. The van der Waals surface area contributed by atoms with Crippen molar-refractivity contribution in [3.8, 4) is 12.1 Å². The summed E-state index contributed by atoms with van der Waals surface area (Å²) in [6.07, 6.45) is 10.9. The van der Waals surface area contributed by atoms with E-state index in [0.29, 0.717) is 23.5 Å². The van der Waals surface area contributed by atoms with Gasteiger partial charge in [0.15, 0.2) is 11.2 Å². The van der Waals surface area contributed by atoms with Crippen molar-refractivity contribution in [1.82, 2.24) is 4.90 Å². The van der Waals surface area contributed by atoms with Gasteiger partial charge in [-0.1, -0.05) is 30.3 Å². The van der Waals surface area contributed by atoms with E-state index in [1.165, 1.54) is 19.3 Å². The molecule has 34 heavy (non-hydrogen) atoms. The molecule has 5 heteroatoms. The number of hydrogen-bond acceptors (Lipinski definition) is 5. The second kappa shape index (κ2) is 7.06. The Hall–Kier alpha value is -2.89. The number of nitrogens with zero attached hydrogens (tertiary/aromatic N) is 3. The molecule has 0 spiro atoms. The number of fused-ring (bicyclic) bond motifs is 3. The standard InChI is InChI=1S/C29H27N3OS/c30-16-29(17-31)24(23-6-3-9-34-23)25(32-8-7-21-4-1-2-5-22(21)26(29)32)27(33)28-13-18-10-19(14-28)12-20(11-18)15-28/h1-9,18-20,24-26H,10-15H2/t18?,19?,20?,24-,25+,26+,28?/m1/s1. The van der Waals surface area contributed by atoms with Gasteiger partial charge in [-0.15, -0.1) is 11.3 Å². The Balaban J connectivity index is 1.42. The topological polar surface area (TPSA) is 67.9 Å². The summed E-state index contributed by atoms with van der Waals surface area (Å²) in [5.41, 5.74) is 0.404. The van der Waals surface area contributed by atoms with Crippen LogP contribution in [0.1, 0.15) is 66.5 Å². The summed E-state index contributed by atoms with van der Waals surface area (Å²) in [7, 11) is 0. The quantitative estimate of drug-likeness (QED) is 0.552. The molecule has 3 heterocycles. The lowest BCUT2D eigenvalue weighted by molar-refractivity contribution is -0.148. The molecular weight excluding hydrogens is 438 g/mol. The van der Waals surface area contributed by atoms with Gasteiger partial charge in [0, 0.05) is 16.5 Å². The highest BCUT2D eigenvalue weighted by Crippen LogP contribution is 2.65. The highest BCUT2D eigenvalue weighted by molar-refractivity contribution is 7.10. The number of benzene rings is 1. The number of rotatable bonds is 3. The number of thiophene rings is 1. The van der Waals surface area contributed by atoms with Crippen molar-refractivity contribution < 1.29 is 4.79 Å². The second-order valence-electron chi connectivity index (χ2n) is 11.4. The molecule has 8 rings (SSSR count). The molecule has 0 unspecified atom stereocenters. The Labute approximate surface area is 204 Å². The first-order chi connectivity index (χ1) is 16.6. The molecule has 4 aliphatic carbocycles. The summed E-state index contributed by atoms with van der Waals surface area (Å²) in [6, 6.07) is 16.1. The fourth-order valence-electron chi connectivity index (χ4n) is 8.80. The van der Waals surface area contributed by atoms with Crippen LogP contribution in [0.5, 0.6) is 0 Å². The Morgan fingerprint density at radius 1 is 0.971 bits per heavy atom. The first-order valence-corrected chi connectivity index (χ1v) is 13.4. The summed E-state index contributed by atoms with van der Waals surface area (Å²) in [5, 5.41) is 23.3. The highest BCUT2D eigenvalue weighted by Gasteiger charge is 2.67. The maximum atomic E-state index is 14.8. The van der Waals surface area contributed by atoms with Crippen LogP contribution in [0.3, 0.4) is 0 Å². The van der Waals surface area contributed by atoms with Crippen molar-refractivity contribution in [2.24, 2.45) is 28.6 Å². The summed E-state index contributed by atoms with van der Waals surface area (Å²) < 4.78 is 0. The predicted molar refractivity (Wildman–Crippen MR) is 130 cm³/mol. The van der Waals surface area contributed by atoms with Crippen molar-refractivity contribution in [3.63, 3.8) is 0 Å². The zero-order chi connectivity index (χ0) is 23.1. The molecule has 0 N–H and O–H groups in total. The molecule has 0 amide bonds. The van der Waals surface area contributed by atoms with Gasteiger partial charge in [-0.25, -0.2) is 0 Å². The van der Waals surface area contributed by atoms with E-state index in [0.717, 1.165) is 35.3 Å². The van der Waals surface area contributed by atoms with Crippen LogP contribution < -0.4 is 0 Å². The van der Waals surface area contributed by atoms with Crippen molar-refractivity contribution in [1.29, 1.82) is 10.5 Å². The molecule has 1 aromatic heterocycles. The molecular formula is C29H27N3OS. The molecule has 3 atom stereocenters. The van der Waals surface area contributed by atoms with Crippen LogP contribution in [0, 0.1) is 51.2 Å². The lowest BCUT2D eigenvalue weighted by Crippen LogP contribution is -2.55. The molecule has 4 nitrogen and oxygen atoms in total. The summed E-state index contributed by atoms with van der Waals surface area (Å²) in [6.45, 7) is 0. The van der Waals surface area contributed by atoms with Crippen molar-refractivity contribution in [2.45, 2.75) is 56.5 Å². The Morgan fingerprint density at radius 2 is 1.65 bits per heavy atom. The van der Waals surface area contributed by atoms with Crippen LogP contribution >= 0.6 is 11.3 Å². The number of Topliss-reactive ketones (excluding diaryl/α,β-unsaturated/α-hetero) is 1. The molecule has 2 aromatic rings. The van der Waals surface area contributed by atoms with E-state index in [1.807, 2.05) is 48.0 Å². The van der Waals surface area contributed by atoms with Gasteiger partial charge in [0.05, 0.1) is 30.1 Å². The summed E-state index contributed by atoms with van der Waals surface area (Å²) in [5.74, 6) is 1.85. The molecule has 6 aliphatic rings. The summed E-state index contributed by atoms with van der Waals surface area (Å²) in [4.78, 5) is 17.9. The van der Waals surface area contributed by atoms with Gasteiger partial charge in [-0.3, -0.25) is 4.79 Å². The van der Waals surface area contributed by atoms with Crippen LogP contribution in [0.25, 0.3) is 6.08 Å². The molecule has 1 saturated heterocycles. The Bertz CT molecular complexity index is 1230. The number of carbonyl (C=O) groups is 1. The maximum Gasteiger partial charge on any atom is 0.178 e. The SMILES string of the molecule is N#CC1(C#N)[C@H](c2cccs2)[C@@H](C(=O)C23CC4CC(CC(C4)C2)C3)N2C=Cc3ccccc3[C@H]21. The van der Waals surface area contributed by atoms with Gasteiger partial charge in [0.2, 0.25) is 0 Å². The smallest absolute Gasteiger partial charge is 0.178 e. The third-order valence-electron chi connectivity index (χ3n) is 9.62. The van der Waals surface area contributed by atoms with Crippen LogP contribution in [0.2, 0.25) is 0 Å². The lowest BCUT2D eigenvalue weighted by atomic mass is 9.47. The number of nitriles is 2. The van der Waals surface area contributed by atoms with E-state index in [4.69, 9.17) is 0 Å². The predicted octanol–water partition coefficient (Wildman–Crippen LogP) is 6.06. The van der Waals surface area contributed by atoms with E-state index in [1.54, 1.807) is 11.3 Å². The molecule has 5 fully saturated rings. The van der Waals surface area contributed by atoms with Gasteiger partial charge in [-0.2, -0.15) is 10.5 Å². The van der Waals surface area contributed by atoms with Crippen LogP contribution in [-0.2, 0) is 4.79 Å².